The average molecular weight is 291 g/mol. The fourth-order valence-electron chi connectivity index (χ4n) is 1.47. The molecule has 1 aromatic rings. The zero-order valence-corrected chi connectivity index (χ0v) is 10.7. The Kier molecular flexibility index (Phi) is 3.86. The molecule has 0 heterocycles. The number of amides is 1. The highest BCUT2D eigenvalue weighted by Crippen LogP contribution is 2.14. The minimum absolute atomic E-state index is 0.0252. The largest absolute Gasteiger partial charge is 0.288 e. The van der Waals surface area contributed by atoms with Crippen molar-refractivity contribution in [2.24, 2.45) is 4.99 Å². The van der Waals surface area contributed by atoms with Gasteiger partial charge in [0.25, 0.3) is 11.6 Å². The van der Waals surface area contributed by atoms with Crippen LogP contribution in [-0.2, 0) is 4.79 Å². The third-order valence-corrected chi connectivity index (χ3v) is 2.77. The van der Waals surface area contributed by atoms with Crippen molar-refractivity contribution < 1.29 is 14.5 Å². The maximum absolute atomic E-state index is 11.8. The first-order valence-corrected chi connectivity index (χ1v) is 5.82. The number of non-ortho nitro benzene ring substituents is 1. The molecule has 100 valence electrons. The summed E-state index contributed by atoms with van der Waals surface area (Å²) in [5, 5.41) is 10.5. The molecular formula is C13H7ClN2O4. The lowest BCUT2D eigenvalue weighted by Crippen LogP contribution is -2.06. The lowest BCUT2D eigenvalue weighted by atomic mass is 10.1. The molecule has 0 fully saturated rings. The number of benzene rings is 1. The highest BCUT2D eigenvalue weighted by molar-refractivity contribution is 6.47. The van der Waals surface area contributed by atoms with E-state index in [1.165, 1.54) is 42.5 Å². The van der Waals surface area contributed by atoms with E-state index in [9.17, 15) is 19.7 Å². The van der Waals surface area contributed by atoms with Gasteiger partial charge in [0.05, 0.1) is 15.7 Å². The summed E-state index contributed by atoms with van der Waals surface area (Å²) >= 11 is 5.64. The summed E-state index contributed by atoms with van der Waals surface area (Å²) in [5.41, 5.74) is 0.344. The molecule has 2 rings (SSSR count). The summed E-state index contributed by atoms with van der Waals surface area (Å²) < 4.78 is 0. The zero-order valence-electron chi connectivity index (χ0n) is 9.95. The Bertz CT molecular complexity index is 687. The van der Waals surface area contributed by atoms with Crippen molar-refractivity contribution in [3.05, 3.63) is 63.2 Å². The molecule has 0 aromatic heterocycles. The van der Waals surface area contributed by atoms with Crippen LogP contribution in [0.2, 0.25) is 0 Å². The summed E-state index contributed by atoms with van der Waals surface area (Å²) in [6, 6.07) is 5.06. The van der Waals surface area contributed by atoms with Gasteiger partial charge in [-0.25, -0.2) is 4.99 Å². The Morgan fingerprint density at radius 1 is 1.20 bits per heavy atom. The lowest BCUT2D eigenvalue weighted by molar-refractivity contribution is -0.384. The Balaban J connectivity index is 2.22. The number of rotatable bonds is 2. The molecule has 0 N–H and O–H groups in total. The van der Waals surface area contributed by atoms with Gasteiger partial charge >= 0.3 is 0 Å². The van der Waals surface area contributed by atoms with Gasteiger partial charge in [-0.1, -0.05) is 11.6 Å². The van der Waals surface area contributed by atoms with Crippen molar-refractivity contribution >= 4 is 34.7 Å². The Labute approximate surface area is 118 Å². The molecule has 0 saturated carbocycles. The molecule has 1 amide bonds. The molecule has 0 aliphatic heterocycles. The molecule has 0 unspecified atom stereocenters. The average Bonchev–Trinajstić information content (AvgIpc) is 2.43. The highest BCUT2D eigenvalue weighted by atomic mass is 35.5. The molecule has 6 nitrogen and oxygen atoms in total. The topological polar surface area (TPSA) is 89.6 Å². The molecule has 1 aliphatic rings. The quantitative estimate of drug-likeness (QED) is 0.475. The van der Waals surface area contributed by atoms with E-state index < -0.39 is 10.8 Å². The van der Waals surface area contributed by atoms with Gasteiger partial charge in [-0.3, -0.25) is 19.7 Å². The number of aliphatic imine (C=N–C) groups is 1. The Morgan fingerprint density at radius 2 is 1.85 bits per heavy atom. The number of hydrogen-bond donors (Lipinski definition) is 0. The van der Waals surface area contributed by atoms with Crippen LogP contribution in [0.25, 0.3) is 0 Å². The van der Waals surface area contributed by atoms with Crippen molar-refractivity contribution in [2.45, 2.75) is 0 Å². The third-order valence-electron chi connectivity index (χ3n) is 2.47. The van der Waals surface area contributed by atoms with Crippen LogP contribution in [0.15, 0.2) is 52.5 Å². The summed E-state index contributed by atoms with van der Waals surface area (Å²) in [7, 11) is 0. The van der Waals surface area contributed by atoms with E-state index in [2.05, 4.69) is 4.99 Å². The smallest absolute Gasteiger partial charge is 0.277 e. The number of nitro benzene ring substituents is 1. The number of carbonyl (C=O) groups is 2. The van der Waals surface area contributed by atoms with Crippen LogP contribution in [0.4, 0.5) is 5.69 Å². The first-order chi connectivity index (χ1) is 9.47. The first-order valence-electron chi connectivity index (χ1n) is 5.44. The van der Waals surface area contributed by atoms with Gasteiger partial charge in [0.1, 0.15) is 0 Å². The lowest BCUT2D eigenvalue weighted by Gasteiger charge is -2.02. The standard InChI is InChI=1S/C13H7ClN2O4/c14-11-7-9(3-6-12(11)17)15-13(18)8-1-4-10(5-2-8)16(19)20/h1-7H. The van der Waals surface area contributed by atoms with Crippen LogP contribution in [0.3, 0.4) is 0 Å². The number of ketones is 1. The minimum Gasteiger partial charge on any atom is -0.288 e. The van der Waals surface area contributed by atoms with Gasteiger partial charge in [0.2, 0.25) is 0 Å². The van der Waals surface area contributed by atoms with Crippen molar-refractivity contribution in [2.75, 3.05) is 0 Å². The molecule has 7 heteroatoms. The predicted molar refractivity (Wildman–Crippen MR) is 72.9 cm³/mol. The maximum Gasteiger partial charge on any atom is 0.277 e. The van der Waals surface area contributed by atoms with E-state index in [0.717, 1.165) is 0 Å². The van der Waals surface area contributed by atoms with Crippen LogP contribution >= 0.6 is 11.6 Å². The van der Waals surface area contributed by atoms with Gasteiger partial charge < -0.3 is 0 Å². The van der Waals surface area contributed by atoms with E-state index in [0.29, 0.717) is 0 Å². The second-order valence-electron chi connectivity index (χ2n) is 3.84. The van der Waals surface area contributed by atoms with Gasteiger partial charge in [0.15, 0.2) is 5.78 Å². The van der Waals surface area contributed by atoms with Crippen molar-refractivity contribution in [1.82, 2.24) is 0 Å². The monoisotopic (exact) mass is 290 g/mol. The number of allylic oxidation sites excluding steroid dienone is 4. The molecule has 0 atom stereocenters. The van der Waals surface area contributed by atoms with E-state index >= 15 is 0 Å². The molecule has 0 spiro atoms. The summed E-state index contributed by atoms with van der Waals surface area (Å²) in [6.45, 7) is 0. The fraction of sp³-hybridized carbons (Fsp3) is 0. The number of nitrogens with zero attached hydrogens (tertiary/aromatic N) is 2. The summed E-state index contributed by atoms with van der Waals surface area (Å²) in [5.74, 6) is -0.928. The second-order valence-corrected chi connectivity index (χ2v) is 4.24. The minimum atomic E-state index is -0.574. The van der Waals surface area contributed by atoms with E-state index in [4.69, 9.17) is 11.6 Å². The number of hydrogen-bond acceptors (Lipinski definition) is 4. The Morgan fingerprint density at radius 3 is 2.40 bits per heavy atom. The van der Waals surface area contributed by atoms with Crippen LogP contribution in [0, 0.1) is 10.1 Å². The zero-order chi connectivity index (χ0) is 14.7. The number of nitro groups is 1. The van der Waals surface area contributed by atoms with E-state index in [-0.39, 0.29) is 27.8 Å². The first kappa shape index (κ1) is 13.8. The second kappa shape index (κ2) is 5.58. The molecule has 1 aromatic carbocycles. The van der Waals surface area contributed by atoms with E-state index in [1.54, 1.807) is 0 Å². The van der Waals surface area contributed by atoms with Gasteiger partial charge in [0, 0.05) is 17.7 Å². The van der Waals surface area contributed by atoms with Crippen molar-refractivity contribution in [3.8, 4) is 0 Å². The fourth-order valence-corrected chi connectivity index (χ4v) is 1.64. The maximum atomic E-state index is 11.8. The van der Waals surface area contributed by atoms with Gasteiger partial charge in [-0.15, -0.1) is 0 Å². The summed E-state index contributed by atoms with van der Waals surface area (Å²) in [4.78, 5) is 36.7. The molecule has 1 aliphatic carbocycles. The van der Waals surface area contributed by atoms with Crippen LogP contribution < -0.4 is 0 Å². The normalized spacial score (nSPS) is 16.1. The molecule has 0 saturated heterocycles. The number of halogens is 1. The van der Waals surface area contributed by atoms with E-state index in [1.807, 2.05) is 0 Å². The molecule has 20 heavy (non-hydrogen) atoms. The van der Waals surface area contributed by atoms with Crippen LogP contribution in [0.1, 0.15) is 10.4 Å². The third kappa shape index (κ3) is 3.04. The Hall–Kier alpha value is -2.60. The van der Waals surface area contributed by atoms with Gasteiger partial charge in [-0.2, -0.15) is 0 Å². The SMILES string of the molecule is O=C1C=CC(=NC(=O)c2ccc([N+](=O)[O-])cc2)C=C1Cl. The molecule has 0 radical (unpaired) electrons. The highest BCUT2D eigenvalue weighted by Gasteiger charge is 2.12. The molecular weight excluding hydrogens is 284 g/mol. The van der Waals surface area contributed by atoms with Crippen molar-refractivity contribution in [1.29, 1.82) is 0 Å². The van der Waals surface area contributed by atoms with Crippen LogP contribution in [0.5, 0.6) is 0 Å². The molecule has 0 bridgehead atoms. The van der Waals surface area contributed by atoms with Crippen molar-refractivity contribution in [3.63, 3.8) is 0 Å². The predicted octanol–water partition coefficient (Wildman–Crippen LogP) is 2.44. The van der Waals surface area contributed by atoms with Crippen LogP contribution in [-0.4, -0.2) is 22.3 Å². The summed E-state index contributed by atoms with van der Waals surface area (Å²) in [6.07, 6.45) is 3.87. The van der Waals surface area contributed by atoms with Gasteiger partial charge in [-0.05, 0) is 30.4 Å². The number of carbonyl (C=O) groups excluding carboxylic acids is 2.